The standard InChI is InChI=1S/C12H19NO/c14-13-12-9-5-4-8-11(12)10-6-2-1-3-7-10/h6,11,14H,1-5,7-9H2/b13-12-. The molecule has 0 heterocycles. The van der Waals surface area contributed by atoms with Crippen LogP contribution in [0.1, 0.15) is 51.4 Å². The third-order valence-corrected chi connectivity index (χ3v) is 3.48. The molecule has 0 aliphatic heterocycles. The molecule has 2 rings (SSSR count). The van der Waals surface area contributed by atoms with Gasteiger partial charge in [0.15, 0.2) is 0 Å². The molecule has 2 aliphatic rings. The highest BCUT2D eigenvalue weighted by Gasteiger charge is 2.24. The molecule has 0 aromatic rings. The molecular formula is C12H19NO. The molecule has 0 amide bonds. The third-order valence-electron chi connectivity index (χ3n) is 3.48. The first-order chi connectivity index (χ1) is 6.92. The fourth-order valence-corrected chi connectivity index (χ4v) is 2.69. The van der Waals surface area contributed by atoms with E-state index < -0.39 is 0 Å². The molecule has 2 aliphatic carbocycles. The van der Waals surface area contributed by atoms with E-state index in [2.05, 4.69) is 11.2 Å². The van der Waals surface area contributed by atoms with Crippen molar-refractivity contribution in [3.63, 3.8) is 0 Å². The van der Waals surface area contributed by atoms with Crippen molar-refractivity contribution in [2.45, 2.75) is 51.4 Å². The zero-order chi connectivity index (χ0) is 9.80. The largest absolute Gasteiger partial charge is 0.411 e. The van der Waals surface area contributed by atoms with Crippen LogP contribution in [-0.2, 0) is 0 Å². The Morgan fingerprint density at radius 2 is 2.00 bits per heavy atom. The van der Waals surface area contributed by atoms with Gasteiger partial charge in [-0.1, -0.05) is 23.2 Å². The van der Waals surface area contributed by atoms with Gasteiger partial charge in [-0.3, -0.25) is 0 Å². The summed E-state index contributed by atoms with van der Waals surface area (Å²) in [7, 11) is 0. The fraction of sp³-hybridized carbons (Fsp3) is 0.750. The average molecular weight is 193 g/mol. The monoisotopic (exact) mass is 193 g/mol. The summed E-state index contributed by atoms with van der Waals surface area (Å²) in [6.45, 7) is 0. The maximum absolute atomic E-state index is 8.95. The summed E-state index contributed by atoms with van der Waals surface area (Å²) < 4.78 is 0. The Hall–Kier alpha value is -0.790. The highest BCUT2D eigenvalue weighted by molar-refractivity contribution is 5.89. The summed E-state index contributed by atoms with van der Waals surface area (Å²) in [6.07, 6.45) is 12.2. The lowest BCUT2D eigenvalue weighted by molar-refractivity contribution is 0.310. The summed E-state index contributed by atoms with van der Waals surface area (Å²) in [6, 6.07) is 0. The summed E-state index contributed by atoms with van der Waals surface area (Å²) >= 11 is 0. The summed E-state index contributed by atoms with van der Waals surface area (Å²) in [5.41, 5.74) is 2.58. The lowest BCUT2D eigenvalue weighted by atomic mass is 9.78. The molecule has 1 N–H and O–H groups in total. The Morgan fingerprint density at radius 3 is 2.71 bits per heavy atom. The Morgan fingerprint density at radius 1 is 1.14 bits per heavy atom. The Labute approximate surface area is 85.7 Å². The van der Waals surface area contributed by atoms with Crippen LogP contribution in [0.5, 0.6) is 0 Å². The van der Waals surface area contributed by atoms with Crippen LogP contribution < -0.4 is 0 Å². The van der Waals surface area contributed by atoms with Crippen LogP contribution in [0, 0.1) is 5.92 Å². The maximum Gasteiger partial charge on any atom is 0.0641 e. The van der Waals surface area contributed by atoms with E-state index in [4.69, 9.17) is 5.21 Å². The SMILES string of the molecule is O/N=C1/CCCCC1C1=CCCCC1. The van der Waals surface area contributed by atoms with Crippen LogP contribution in [0.25, 0.3) is 0 Å². The van der Waals surface area contributed by atoms with E-state index in [9.17, 15) is 0 Å². The Bertz CT molecular complexity index is 255. The molecule has 0 radical (unpaired) electrons. The minimum Gasteiger partial charge on any atom is -0.411 e. The highest BCUT2D eigenvalue weighted by atomic mass is 16.4. The molecule has 0 saturated heterocycles. The summed E-state index contributed by atoms with van der Waals surface area (Å²) in [5, 5.41) is 12.4. The van der Waals surface area contributed by atoms with E-state index in [1.54, 1.807) is 5.57 Å². The molecule has 0 aromatic heterocycles. The molecule has 0 aromatic carbocycles. The van der Waals surface area contributed by atoms with Gasteiger partial charge in [0, 0.05) is 5.92 Å². The zero-order valence-electron chi connectivity index (χ0n) is 8.71. The van der Waals surface area contributed by atoms with Crippen molar-refractivity contribution < 1.29 is 5.21 Å². The number of hydrogen-bond acceptors (Lipinski definition) is 2. The van der Waals surface area contributed by atoms with Gasteiger partial charge in [-0.2, -0.15) is 0 Å². The second-order valence-electron chi connectivity index (χ2n) is 4.41. The molecule has 2 nitrogen and oxygen atoms in total. The van der Waals surface area contributed by atoms with Crippen LogP contribution in [0.15, 0.2) is 16.8 Å². The highest BCUT2D eigenvalue weighted by Crippen LogP contribution is 2.33. The quantitative estimate of drug-likeness (QED) is 0.386. The van der Waals surface area contributed by atoms with Crippen molar-refractivity contribution in [2.24, 2.45) is 11.1 Å². The van der Waals surface area contributed by atoms with Crippen molar-refractivity contribution in [1.82, 2.24) is 0 Å². The molecule has 78 valence electrons. The van der Waals surface area contributed by atoms with Crippen molar-refractivity contribution in [1.29, 1.82) is 0 Å². The Balaban J connectivity index is 2.10. The van der Waals surface area contributed by atoms with Gasteiger partial charge >= 0.3 is 0 Å². The molecule has 2 heteroatoms. The van der Waals surface area contributed by atoms with E-state index in [1.807, 2.05) is 0 Å². The number of allylic oxidation sites excluding steroid dienone is 2. The first-order valence-electron chi connectivity index (χ1n) is 5.81. The van der Waals surface area contributed by atoms with E-state index in [0.29, 0.717) is 5.92 Å². The van der Waals surface area contributed by atoms with Gasteiger partial charge in [-0.25, -0.2) is 0 Å². The van der Waals surface area contributed by atoms with Crippen LogP contribution in [0.2, 0.25) is 0 Å². The molecular weight excluding hydrogens is 174 g/mol. The van der Waals surface area contributed by atoms with E-state index in [1.165, 1.54) is 44.9 Å². The number of nitrogens with zero attached hydrogens (tertiary/aromatic N) is 1. The van der Waals surface area contributed by atoms with Gasteiger partial charge in [-0.05, 0) is 44.9 Å². The minimum absolute atomic E-state index is 0.481. The normalized spacial score (nSPS) is 31.6. The second-order valence-corrected chi connectivity index (χ2v) is 4.41. The van der Waals surface area contributed by atoms with Gasteiger partial charge in [0.2, 0.25) is 0 Å². The summed E-state index contributed by atoms with van der Waals surface area (Å²) in [4.78, 5) is 0. The van der Waals surface area contributed by atoms with Gasteiger partial charge in [-0.15, -0.1) is 0 Å². The Kier molecular flexibility index (Phi) is 3.22. The molecule has 0 bridgehead atoms. The zero-order valence-corrected chi connectivity index (χ0v) is 8.71. The van der Waals surface area contributed by atoms with E-state index in [0.717, 1.165) is 12.1 Å². The van der Waals surface area contributed by atoms with Crippen LogP contribution >= 0.6 is 0 Å². The predicted octanol–water partition coefficient (Wildman–Crippen LogP) is 3.51. The molecule has 14 heavy (non-hydrogen) atoms. The second kappa shape index (κ2) is 4.63. The lowest BCUT2D eigenvalue weighted by Gasteiger charge is -2.27. The van der Waals surface area contributed by atoms with E-state index in [-0.39, 0.29) is 0 Å². The van der Waals surface area contributed by atoms with Crippen LogP contribution in [0.3, 0.4) is 0 Å². The maximum atomic E-state index is 8.95. The van der Waals surface area contributed by atoms with Gasteiger partial charge in [0.05, 0.1) is 5.71 Å². The lowest BCUT2D eigenvalue weighted by Crippen LogP contribution is -2.22. The molecule has 1 unspecified atom stereocenters. The van der Waals surface area contributed by atoms with Crippen LogP contribution in [0.4, 0.5) is 0 Å². The minimum atomic E-state index is 0.481. The fourth-order valence-electron chi connectivity index (χ4n) is 2.69. The predicted molar refractivity (Wildman–Crippen MR) is 57.7 cm³/mol. The van der Waals surface area contributed by atoms with Gasteiger partial charge in [0.1, 0.15) is 0 Å². The van der Waals surface area contributed by atoms with Crippen molar-refractivity contribution in [3.8, 4) is 0 Å². The van der Waals surface area contributed by atoms with Crippen molar-refractivity contribution in [2.75, 3.05) is 0 Å². The van der Waals surface area contributed by atoms with Gasteiger partial charge in [0.25, 0.3) is 0 Å². The van der Waals surface area contributed by atoms with Crippen molar-refractivity contribution >= 4 is 5.71 Å². The molecule has 1 fully saturated rings. The molecule has 0 spiro atoms. The van der Waals surface area contributed by atoms with Gasteiger partial charge < -0.3 is 5.21 Å². The molecule has 1 saturated carbocycles. The first-order valence-corrected chi connectivity index (χ1v) is 5.81. The number of hydrogen-bond donors (Lipinski definition) is 1. The molecule has 1 atom stereocenters. The van der Waals surface area contributed by atoms with E-state index >= 15 is 0 Å². The first kappa shape index (κ1) is 9.75. The third kappa shape index (κ3) is 1.99. The number of rotatable bonds is 1. The topological polar surface area (TPSA) is 32.6 Å². The summed E-state index contributed by atoms with van der Waals surface area (Å²) in [5.74, 6) is 0.481. The smallest absolute Gasteiger partial charge is 0.0641 e. The van der Waals surface area contributed by atoms with Crippen LogP contribution in [-0.4, -0.2) is 10.9 Å². The average Bonchev–Trinajstić information content (AvgIpc) is 2.30. The van der Waals surface area contributed by atoms with Crippen molar-refractivity contribution in [3.05, 3.63) is 11.6 Å². The number of oxime groups is 1.